The average Bonchev–Trinajstić information content (AvgIpc) is 2.33. The lowest BCUT2D eigenvalue weighted by atomic mass is 10.5. The van der Waals surface area contributed by atoms with Gasteiger partial charge < -0.3 is 4.52 Å². The molecule has 7 heteroatoms. The molecule has 1 fully saturated rings. The molecular formula is C7H15Cl2N2O2P. The van der Waals surface area contributed by atoms with E-state index in [-0.39, 0.29) is 29.9 Å². The fourth-order valence-electron chi connectivity index (χ4n) is 0.981. The molecule has 84 valence electrons. The van der Waals surface area contributed by atoms with E-state index in [0.29, 0.717) is 0 Å². The minimum absolute atomic E-state index is 0.0720. The van der Waals surface area contributed by atoms with E-state index in [1.807, 2.05) is 0 Å². The fraction of sp³-hybridized carbons (Fsp3) is 1.00. The number of rotatable bonds is 5. The van der Waals surface area contributed by atoms with Crippen molar-refractivity contribution in [3.8, 4) is 0 Å². The summed E-state index contributed by atoms with van der Waals surface area (Å²) in [5, 5.41) is 0.0720. The molecule has 1 N–H and O–H groups in total. The van der Waals surface area contributed by atoms with Crippen LogP contribution in [0, 0.1) is 0 Å². The van der Waals surface area contributed by atoms with Gasteiger partial charge in [0.2, 0.25) is 0 Å². The molecule has 14 heavy (non-hydrogen) atoms. The first-order chi connectivity index (χ1) is 8.63. The molecular weight excluding hydrogens is 246 g/mol. The largest absolute Gasteiger partial charge is 0.343 e. The number of hydrogen-bond acceptors (Lipinski definition) is 2. The van der Waals surface area contributed by atoms with Crippen molar-refractivity contribution in [3.05, 3.63) is 0 Å². The van der Waals surface area contributed by atoms with Gasteiger partial charge in [0.1, 0.15) is 1.41 Å². The van der Waals surface area contributed by atoms with Gasteiger partial charge in [-0.1, -0.05) is 0 Å². The monoisotopic (exact) mass is 265 g/mol. The van der Waals surface area contributed by atoms with Crippen LogP contribution in [-0.4, -0.2) is 42.6 Å². The molecule has 0 aromatic heterocycles. The quantitative estimate of drug-likeness (QED) is 0.609. The summed E-state index contributed by atoms with van der Waals surface area (Å²) in [6, 6.07) is 0. The fourth-order valence-corrected chi connectivity index (χ4v) is 3.11. The summed E-state index contributed by atoms with van der Waals surface area (Å²) < 4.78 is 56.8. The Morgan fingerprint density at radius 3 is 2.79 bits per heavy atom. The van der Waals surface area contributed by atoms with Gasteiger partial charge in [-0.25, -0.2) is 9.75 Å². The maximum Gasteiger partial charge on any atom is 0.343 e. The summed E-state index contributed by atoms with van der Waals surface area (Å²) in [5.74, 6) is 0.210. The molecule has 0 spiro atoms. The SMILES string of the molecule is [2H]N1C([2H])([2H])C([2H])([2H])COP1(=O)N(CCCl)CCCl. The molecule has 1 aliphatic heterocycles. The van der Waals surface area contributed by atoms with Crippen LogP contribution in [0.4, 0.5) is 0 Å². The third kappa shape index (κ3) is 3.37. The number of halogens is 2. The normalized spacial score (nSPS) is 42.1. The molecule has 1 unspecified atom stereocenters. The highest BCUT2D eigenvalue weighted by Gasteiger charge is 2.32. The number of hydrogen-bond donors (Lipinski definition) is 1. The van der Waals surface area contributed by atoms with Gasteiger partial charge in [-0.3, -0.25) is 4.57 Å². The molecule has 0 aliphatic carbocycles. The Morgan fingerprint density at radius 1 is 1.57 bits per heavy atom. The summed E-state index contributed by atoms with van der Waals surface area (Å²) in [4.78, 5) is 0. The van der Waals surface area contributed by atoms with Crippen LogP contribution in [0.15, 0.2) is 0 Å². The van der Waals surface area contributed by atoms with Gasteiger partial charge in [0.25, 0.3) is 0 Å². The van der Waals surface area contributed by atoms with Gasteiger partial charge >= 0.3 is 7.67 Å². The molecule has 1 atom stereocenters. The van der Waals surface area contributed by atoms with Gasteiger partial charge in [-0.05, 0) is 6.37 Å². The topological polar surface area (TPSA) is 41.6 Å². The highest BCUT2D eigenvalue weighted by Crippen LogP contribution is 2.47. The van der Waals surface area contributed by atoms with Crippen LogP contribution in [-0.2, 0) is 9.09 Å². The van der Waals surface area contributed by atoms with Crippen LogP contribution < -0.4 is 5.08 Å². The predicted molar refractivity (Wildman–Crippen MR) is 59.2 cm³/mol. The minimum Gasteiger partial charge on any atom is -0.306 e. The second-order valence-electron chi connectivity index (χ2n) is 2.48. The van der Waals surface area contributed by atoms with Gasteiger partial charge in [0.15, 0.2) is 0 Å². The smallest absolute Gasteiger partial charge is 0.306 e. The lowest BCUT2D eigenvalue weighted by molar-refractivity contribution is 0.233. The molecule has 1 heterocycles. The van der Waals surface area contributed by atoms with Gasteiger partial charge in [0, 0.05) is 36.8 Å². The lowest BCUT2D eigenvalue weighted by Crippen LogP contribution is -2.35. The first-order valence-electron chi connectivity index (χ1n) is 6.50. The Bertz CT molecular complexity index is 369. The summed E-state index contributed by atoms with van der Waals surface area (Å²) in [5.41, 5.74) is 0. The van der Waals surface area contributed by atoms with Gasteiger partial charge in [-0.15, -0.1) is 23.2 Å². The van der Waals surface area contributed by atoms with Crippen LogP contribution in [0.25, 0.3) is 0 Å². The Morgan fingerprint density at radius 2 is 2.21 bits per heavy atom. The number of nitrogens with one attached hydrogen (secondary N) is 1. The van der Waals surface area contributed by atoms with E-state index in [4.69, 9.17) is 34.6 Å². The molecule has 0 amide bonds. The summed E-state index contributed by atoms with van der Waals surface area (Å²) in [6.07, 6.45) is -2.43. The maximum absolute atomic E-state index is 12.7. The van der Waals surface area contributed by atoms with E-state index >= 15 is 0 Å². The average molecular weight is 266 g/mol. The van der Waals surface area contributed by atoms with Crippen LogP contribution in [0.1, 0.15) is 11.9 Å². The zero-order valence-electron chi connectivity index (χ0n) is 12.4. The van der Waals surface area contributed by atoms with Crippen molar-refractivity contribution in [1.29, 1.82) is 0 Å². The lowest BCUT2D eigenvalue weighted by Gasteiger charge is -2.33. The van der Waals surface area contributed by atoms with Crippen molar-refractivity contribution < 1.29 is 16.0 Å². The summed E-state index contributed by atoms with van der Waals surface area (Å²) >= 11 is 11.2. The van der Waals surface area contributed by atoms with Crippen LogP contribution in [0.3, 0.4) is 0 Å². The highest BCUT2D eigenvalue weighted by molar-refractivity contribution is 7.54. The van der Waals surface area contributed by atoms with Crippen molar-refractivity contribution in [3.63, 3.8) is 0 Å². The number of nitrogens with zero attached hydrogens (tertiary/aromatic N) is 1. The third-order valence-electron chi connectivity index (χ3n) is 1.60. The Balaban J connectivity index is 3.08. The molecule has 0 aromatic carbocycles. The first kappa shape index (κ1) is 7.10. The zero-order valence-corrected chi connectivity index (χ0v) is 9.86. The summed E-state index contributed by atoms with van der Waals surface area (Å²) in [6.45, 7) is -3.24. The second kappa shape index (κ2) is 6.31. The van der Waals surface area contributed by atoms with Crippen molar-refractivity contribution in [1.82, 2.24) is 9.75 Å². The first-order valence-corrected chi connectivity index (χ1v) is 6.65. The molecule has 0 saturated carbocycles. The van der Waals surface area contributed by atoms with Crippen molar-refractivity contribution >= 4 is 30.9 Å². The molecule has 0 bridgehead atoms. The zero-order chi connectivity index (χ0) is 14.9. The maximum atomic E-state index is 12.7. The van der Waals surface area contributed by atoms with E-state index in [0.717, 1.165) is 0 Å². The Kier molecular flexibility index (Phi) is 3.20. The van der Waals surface area contributed by atoms with E-state index in [2.05, 4.69) is 0 Å². The van der Waals surface area contributed by atoms with Crippen molar-refractivity contribution in [2.75, 3.05) is 38.0 Å². The highest BCUT2D eigenvalue weighted by atomic mass is 35.5. The molecule has 1 rings (SSSR count). The molecule has 0 aromatic rings. The Labute approximate surface area is 102 Å². The Hall–Kier alpha value is 0.690. The van der Waals surface area contributed by atoms with E-state index in [1.165, 1.54) is 4.67 Å². The molecule has 0 radical (unpaired) electrons. The van der Waals surface area contributed by atoms with Gasteiger partial charge in [-0.2, -0.15) is 0 Å². The van der Waals surface area contributed by atoms with Crippen LogP contribution >= 0.6 is 30.9 Å². The molecule has 4 nitrogen and oxygen atoms in total. The van der Waals surface area contributed by atoms with Crippen molar-refractivity contribution in [2.24, 2.45) is 0 Å². The molecule has 1 saturated heterocycles. The van der Waals surface area contributed by atoms with Gasteiger partial charge in [0.05, 0.1) is 6.61 Å². The minimum atomic E-state index is -4.00. The van der Waals surface area contributed by atoms with Crippen molar-refractivity contribution in [2.45, 2.75) is 6.37 Å². The van der Waals surface area contributed by atoms with Crippen LogP contribution in [0.5, 0.6) is 0 Å². The van der Waals surface area contributed by atoms with E-state index in [1.54, 1.807) is 0 Å². The number of alkyl halides is 2. The predicted octanol–water partition coefficient (Wildman–Crippen LogP) is 1.88. The molecule has 1 aliphatic rings. The summed E-state index contributed by atoms with van der Waals surface area (Å²) in [7, 11) is -4.00. The third-order valence-corrected chi connectivity index (χ3v) is 3.87. The van der Waals surface area contributed by atoms with Crippen LogP contribution in [0.2, 0.25) is 1.41 Å². The van der Waals surface area contributed by atoms with E-state index in [9.17, 15) is 4.57 Å². The standard InChI is InChI=1S/C7H15Cl2N2O2P/c8-2-5-11(6-3-9)14(12)10-4-1-7-13-14/h1-7H2,(H,10,12)/i1D2,4D2/hD. The van der Waals surface area contributed by atoms with E-state index < -0.39 is 27.1 Å². The second-order valence-corrected chi connectivity index (χ2v) is 5.25.